The third kappa shape index (κ3) is 3.08. The molecule has 0 aromatic carbocycles. The van der Waals surface area contributed by atoms with Crippen molar-refractivity contribution in [2.75, 3.05) is 13.2 Å². The normalized spacial score (nSPS) is 21.1. The molecule has 0 radical (unpaired) electrons. The van der Waals surface area contributed by atoms with E-state index in [1.165, 1.54) is 5.57 Å². The fourth-order valence-corrected chi connectivity index (χ4v) is 2.01. The maximum Gasteiger partial charge on any atom is 0.221 e. The zero-order valence-corrected chi connectivity index (χ0v) is 11.0. The molecule has 1 aliphatic heterocycles. The van der Waals surface area contributed by atoms with Crippen LogP contribution in [-0.2, 0) is 9.53 Å². The summed E-state index contributed by atoms with van der Waals surface area (Å²) in [5.74, 6) is 0.104. The number of rotatable bonds is 3. The van der Waals surface area contributed by atoms with Crippen molar-refractivity contribution in [2.45, 2.75) is 47.3 Å². The number of hydrogen-bond acceptors (Lipinski definition) is 2. The van der Waals surface area contributed by atoms with Crippen LogP contribution in [0.5, 0.6) is 0 Å². The second-order valence-electron chi connectivity index (χ2n) is 5.41. The molecule has 0 aromatic rings. The lowest BCUT2D eigenvalue weighted by Crippen LogP contribution is -2.44. The first-order valence-corrected chi connectivity index (χ1v) is 5.87. The van der Waals surface area contributed by atoms with Crippen LogP contribution >= 0.6 is 0 Å². The topological polar surface area (TPSA) is 29.5 Å². The standard InChI is InChI=1S/C13H23NO2/c1-10(2)6-7-13(4,5)12-14(11(3)15)8-9-16-12/h6,12H,7-9H2,1-5H3. The lowest BCUT2D eigenvalue weighted by Gasteiger charge is -2.35. The zero-order valence-electron chi connectivity index (χ0n) is 11.0. The van der Waals surface area contributed by atoms with Gasteiger partial charge in [-0.15, -0.1) is 0 Å². The van der Waals surface area contributed by atoms with Gasteiger partial charge in [0.05, 0.1) is 6.61 Å². The lowest BCUT2D eigenvalue weighted by atomic mass is 9.86. The molecule has 0 bridgehead atoms. The first-order valence-electron chi connectivity index (χ1n) is 5.87. The third-order valence-electron chi connectivity index (χ3n) is 3.00. The number of allylic oxidation sites excluding steroid dienone is 2. The number of ether oxygens (including phenoxy) is 1. The molecule has 3 nitrogen and oxygen atoms in total. The SMILES string of the molecule is CC(=O)N1CCOC1C(C)(C)CC=C(C)C. The van der Waals surface area contributed by atoms with Crippen molar-refractivity contribution in [3.05, 3.63) is 11.6 Å². The molecule has 1 fully saturated rings. The molecule has 1 amide bonds. The van der Waals surface area contributed by atoms with Gasteiger partial charge in [-0.1, -0.05) is 25.5 Å². The van der Waals surface area contributed by atoms with Gasteiger partial charge in [0.25, 0.3) is 0 Å². The predicted octanol–water partition coefficient (Wildman–Crippen LogP) is 2.57. The molecule has 1 unspecified atom stereocenters. The molecule has 1 rings (SSSR count). The summed E-state index contributed by atoms with van der Waals surface area (Å²) in [6.45, 7) is 11.5. The molecule has 3 heteroatoms. The molecule has 1 heterocycles. The van der Waals surface area contributed by atoms with Crippen molar-refractivity contribution < 1.29 is 9.53 Å². The number of hydrogen-bond donors (Lipinski definition) is 0. The highest BCUT2D eigenvalue weighted by molar-refractivity contribution is 5.73. The van der Waals surface area contributed by atoms with E-state index in [2.05, 4.69) is 33.8 Å². The molecular formula is C13H23NO2. The molecular weight excluding hydrogens is 202 g/mol. The van der Waals surface area contributed by atoms with E-state index in [1.807, 2.05) is 4.90 Å². The molecule has 1 aliphatic rings. The summed E-state index contributed by atoms with van der Waals surface area (Å²) in [5.41, 5.74) is 1.28. The van der Waals surface area contributed by atoms with E-state index in [0.29, 0.717) is 6.61 Å². The summed E-state index contributed by atoms with van der Waals surface area (Å²) in [6, 6.07) is 0. The number of amides is 1. The van der Waals surface area contributed by atoms with Gasteiger partial charge in [-0.2, -0.15) is 0 Å². The minimum absolute atomic E-state index is 0.0283. The second kappa shape index (κ2) is 5.00. The van der Waals surface area contributed by atoms with E-state index < -0.39 is 0 Å². The van der Waals surface area contributed by atoms with Gasteiger partial charge in [0, 0.05) is 18.9 Å². The largest absolute Gasteiger partial charge is 0.356 e. The van der Waals surface area contributed by atoms with Crippen LogP contribution in [0.3, 0.4) is 0 Å². The average Bonchev–Trinajstić information content (AvgIpc) is 2.63. The Labute approximate surface area is 98.5 Å². The Morgan fingerprint density at radius 3 is 2.56 bits per heavy atom. The smallest absolute Gasteiger partial charge is 0.221 e. The molecule has 1 saturated heterocycles. The third-order valence-corrected chi connectivity index (χ3v) is 3.00. The Morgan fingerprint density at radius 2 is 2.06 bits per heavy atom. The van der Waals surface area contributed by atoms with Crippen LogP contribution in [0.25, 0.3) is 0 Å². The summed E-state index contributed by atoms with van der Waals surface area (Å²) in [5, 5.41) is 0. The van der Waals surface area contributed by atoms with Crippen LogP contribution in [0.1, 0.15) is 41.0 Å². The minimum Gasteiger partial charge on any atom is -0.356 e. The highest BCUT2D eigenvalue weighted by Gasteiger charge is 2.39. The van der Waals surface area contributed by atoms with Crippen LogP contribution in [-0.4, -0.2) is 30.2 Å². The van der Waals surface area contributed by atoms with Gasteiger partial charge in [0.15, 0.2) is 0 Å². The lowest BCUT2D eigenvalue weighted by molar-refractivity contribution is -0.140. The van der Waals surface area contributed by atoms with E-state index in [9.17, 15) is 4.79 Å². The van der Waals surface area contributed by atoms with E-state index in [-0.39, 0.29) is 17.6 Å². The van der Waals surface area contributed by atoms with E-state index in [0.717, 1.165) is 13.0 Å². The number of carbonyl (C=O) groups excluding carboxylic acids is 1. The van der Waals surface area contributed by atoms with Gasteiger partial charge in [-0.05, 0) is 20.3 Å². The van der Waals surface area contributed by atoms with Crippen molar-refractivity contribution in [3.8, 4) is 0 Å². The van der Waals surface area contributed by atoms with Crippen LogP contribution in [0.15, 0.2) is 11.6 Å². The molecule has 0 aliphatic carbocycles. The van der Waals surface area contributed by atoms with Crippen molar-refractivity contribution in [1.82, 2.24) is 4.90 Å². The van der Waals surface area contributed by atoms with Crippen molar-refractivity contribution in [2.24, 2.45) is 5.41 Å². The van der Waals surface area contributed by atoms with Crippen LogP contribution in [0.4, 0.5) is 0 Å². The number of carbonyl (C=O) groups is 1. The summed E-state index contributed by atoms with van der Waals surface area (Å²) < 4.78 is 5.70. The summed E-state index contributed by atoms with van der Waals surface area (Å²) >= 11 is 0. The Bertz CT molecular complexity index is 290. The quantitative estimate of drug-likeness (QED) is 0.691. The Kier molecular flexibility index (Phi) is 4.14. The van der Waals surface area contributed by atoms with Gasteiger partial charge in [-0.3, -0.25) is 4.79 Å². The van der Waals surface area contributed by atoms with Crippen molar-refractivity contribution in [3.63, 3.8) is 0 Å². The second-order valence-corrected chi connectivity index (χ2v) is 5.41. The fraction of sp³-hybridized carbons (Fsp3) is 0.769. The molecule has 0 aromatic heterocycles. The first kappa shape index (κ1) is 13.2. The van der Waals surface area contributed by atoms with Gasteiger partial charge >= 0.3 is 0 Å². The van der Waals surface area contributed by atoms with E-state index in [4.69, 9.17) is 4.74 Å². The van der Waals surface area contributed by atoms with Gasteiger partial charge in [0.2, 0.25) is 5.91 Å². The van der Waals surface area contributed by atoms with Gasteiger partial charge in [0.1, 0.15) is 6.23 Å². The van der Waals surface area contributed by atoms with Crippen LogP contribution in [0.2, 0.25) is 0 Å². The van der Waals surface area contributed by atoms with E-state index >= 15 is 0 Å². The molecule has 1 atom stereocenters. The highest BCUT2D eigenvalue weighted by atomic mass is 16.5. The van der Waals surface area contributed by atoms with Gasteiger partial charge < -0.3 is 9.64 Å². The molecule has 0 saturated carbocycles. The fourth-order valence-electron chi connectivity index (χ4n) is 2.01. The Hall–Kier alpha value is -0.830. The molecule has 0 spiro atoms. The molecule has 92 valence electrons. The maximum atomic E-state index is 11.5. The Morgan fingerprint density at radius 1 is 1.44 bits per heavy atom. The summed E-state index contributed by atoms with van der Waals surface area (Å²) in [6.07, 6.45) is 3.06. The first-order chi connectivity index (χ1) is 7.34. The van der Waals surface area contributed by atoms with Crippen LogP contribution in [0, 0.1) is 5.41 Å². The monoisotopic (exact) mass is 225 g/mol. The highest BCUT2D eigenvalue weighted by Crippen LogP contribution is 2.33. The van der Waals surface area contributed by atoms with Crippen molar-refractivity contribution in [1.29, 1.82) is 0 Å². The Balaban J connectivity index is 2.74. The summed E-state index contributed by atoms with van der Waals surface area (Å²) in [7, 11) is 0. The minimum atomic E-state index is -0.0828. The average molecular weight is 225 g/mol. The number of nitrogens with zero attached hydrogens (tertiary/aromatic N) is 1. The van der Waals surface area contributed by atoms with Crippen LogP contribution < -0.4 is 0 Å². The van der Waals surface area contributed by atoms with Crippen molar-refractivity contribution >= 4 is 5.91 Å². The van der Waals surface area contributed by atoms with E-state index in [1.54, 1.807) is 6.92 Å². The summed E-state index contributed by atoms with van der Waals surface area (Å²) in [4.78, 5) is 13.3. The zero-order chi connectivity index (χ0) is 12.3. The molecule has 16 heavy (non-hydrogen) atoms. The molecule has 0 N–H and O–H groups in total. The predicted molar refractivity (Wildman–Crippen MR) is 65.0 cm³/mol. The van der Waals surface area contributed by atoms with Gasteiger partial charge in [-0.25, -0.2) is 0 Å². The maximum absolute atomic E-state index is 11.5.